The summed E-state index contributed by atoms with van der Waals surface area (Å²) in [6.07, 6.45) is 1.54. The highest BCUT2D eigenvalue weighted by Gasteiger charge is 2.35. The van der Waals surface area contributed by atoms with Crippen molar-refractivity contribution in [1.82, 2.24) is 20.1 Å². The molecule has 1 aliphatic heterocycles. The summed E-state index contributed by atoms with van der Waals surface area (Å²) in [6.45, 7) is 5.66. The maximum Gasteiger partial charge on any atom is 0.222 e. The van der Waals surface area contributed by atoms with Gasteiger partial charge in [-0.2, -0.15) is 0 Å². The second-order valence-electron chi connectivity index (χ2n) is 6.29. The first-order valence-corrected chi connectivity index (χ1v) is 8.90. The van der Waals surface area contributed by atoms with Crippen LogP contribution in [-0.2, 0) is 10.2 Å². The van der Waals surface area contributed by atoms with Gasteiger partial charge in [-0.15, -0.1) is 5.10 Å². The Balaban J connectivity index is 1.61. The molecule has 1 aromatic carbocycles. The monoisotopic (exact) mass is 330 g/mol. The van der Waals surface area contributed by atoms with Crippen molar-refractivity contribution in [2.24, 2.45) is 0 Å². The lowest BCUT2D eigenvalue weighted by atomic mass is 9.76. The molecule has 5 nitrogen and oxygen atoms in total. The summed E-state index contributed by atoms with van der Waals surface area (Å²) >= 11 is 1.59. The van der Waals surface area contributed by atoms with Gasteiger partial charge in [0, 0.05) is 30.7 Å². The molecule has 1 aromatic heterocycles. The highest BCUT2D eigenvalue weighted by molar-refractivity contribution is 7.99. The number of aromatic nitrogens is 3. The molecule has 0 bridgehead atoms. The predicted octanol–water partition coefficient (Wildman–Crippen LogP) is 2.79. The Kier molecular flexibility index (Phi) is 4.71. The summed E-state index contributed by atoms with van der Waals surface area (Å²) in [4.78, 5) is 18.5. The number of likely N-dealkylation sites (tertiary alicyclic amines) is 1. The van der Waals surface area contributed by atoms with Gasteiger partial charge in [-0.25, -0.2) is 4.98 Å². The van der Waals surface area contributed by atoms with Crippen molar-refractivity contribution in [3.63, 3.8) is 0 Å². The van der Waals surface area contributed by atoms with E-state index in [9.17, 15) is 4.79 Å². The average Bonchev–Trinajstić information content (AvgIpc) is 2.97. The Morgan fingerprint density at radius 2 is 2.13 bits per heavy atom. The highest BCUT2D eigenvalue weighted by Crippen LogP contribution is 2.34. The van der Waals surface area contributed by atoms with E-state index in [2.05, 4.69) is 46.4 Å². The van der Waals surface area contributed by atoms with Crippen LogP contribution in [0.2, 0.25) is 0 Å². The van der Waals surface area contributed by atoms with E-state index in [4.69, 9.17) is 0 Å². The Morgan fingerprint density at radius 3 is 2.83 bits per heavy atom. The predicted molar refractivity (Wildman–Crippen MR) is 91.5 cm³/mol. The van der Waals surface area contributed by atoms with Gasteiger partial charge in [0.1, 0.15) is 5.82 Å². The number of aryl methyl sites for hydroxylation is 1. The van der Waals surface area contributed by atoms with E-state index in [0.717, 1.165) is 36.2 Å². The Labute approximate surface area is 140 Å². The summed E-state index contributed by atoms with van der Waals surface area (Å²) in [7, 11) is 0. The molecule has 1 amide bonds. The van der Waals surface area contributed by atoms with Crippen molar-refractivity contribution in [3.05, 3.63) is 41.7 Å². The number of thioether (sulfide) groups is 1. The van der Waals surface area contributed by atoms with E-state index in [-0.39, 0.29) is 11.3 Å². The normalized spacial score (nSPS) is 21.7. The molecule has 23 heavy (non-hydrogen) atoms. The first-order valence-electron chi connectivity index (χ1n) is 7.92. The molecule has 6 heteroatoms. The van der Waals surface area contributed by atoms with E-state index < -0.39 is 0 Å². The molecule has 0 spiro atoms. The SMILES string of the molecule is Cc1nc(SCCN2CC(C)(c3ccccc3)CCC2=O)n[nH]1. The molecule has 1 unspecified atom stereocenters. The summed E-state index contributed by atoms with van der Waals surface area (Å²) in [6, 6.07) is 10.5. The topological polar surface area (TPSA) is 61.9 Å². The number of carbonyl (C=O) groups excluding carboxylic acids is 1. The molecule has 2 aromatic rings. The maximum atomic E-state index is 12.2. The molecular weight excluding hydrogens is 308 g/mol. The van der Waals surface area contributed by atoms with E-state index in [1.165, 1.54) is 5.56 Å². The molecule has 0 radical (unpaired) electrons. The van der Waals surface area contributed by atoms with Crippen molar-refractivity contribution in [3.8, 4) is 0 Å². The second kappa shape index (κ2) is 6.74. The van der Waals surface area contributed by atoms with Gasteiger partial charge in [-0.05, 0) is 18.9 Å². The number of carbonyl (C=O) groups is 1. The number of hydrogen-bond donors (Lipinski definition) is 1. The van der Waals surface area contributed by atoms with Crippen molar-refractivity contribution >= 4 is 17.7 Å². The minimum atomic E-state index is 0.0427. The number of H-pyrrole nitrogens is 1. The van der Waals surface area contributed by atoms with Crippen molar-refractivity contribution in [1.29, 1.82) is 0 Å². The van der Waals surface area contributed by atoms with Gasteiger partial charge in [-0.1, -0.05) is 49.0 Å². The van der Waals surface area contributed by atoms with E-state index >= 15 is 0 Å². The fourth-order valence-corrected chi connectivity index (χ4v) is 3.85. The van der Waals surface area contributed by atoms with Crippen LogP contribution in [0.4, 0.5) is 0 Å². The van der Waals surface area contributed by atoms with Gasteiger partial charge in [0.2, 0.25) is 11.1 Å². The van der Waals surface area contributed by atoms with E-state index in [0.29, 0.717) is 6.42 Å². The molecule has 0 aliphatic carbocycles. The fraction of sp³-hybridized carbons (Fsp3) is 0.471. The number of aromatic amines is 1. The third-order valence-corrected chi connectivity index (χ3v) is 5.25. The van der Waals surface area contributed by atoms with Gasteiger partial charge < -0.3 is 4.90 Å². The number of piperidine rings is 1. The fourth-order valence-electron chi connectivity index (χ4n) is 3.04. The van der Waals surface area contributed by atoms with Crippen molar-refractivity contribution < 1.29 is 4.79 Å². The summed E-state index contributed by atoms with van der Waals surface area (Å²) in [5.74, 6) is 1.89. The standard InChI is InChI=1S/C17H22N4OS/c1-13-18-16(20-19-13)23-11-10-21-12-17(2,9-8-15(21)22)14-6-4-3-5-7-14/h3-7H,8-12H2,1-2H3,(H,18,19,20). The highest BCUT2D eigenvalue weighted by atomic mass is 32.2. The minimum Gasteiger partial charge on any atom is -0.341 e. The zero-order chi connectivity index (χ0) is 16.3. The molecule has 0 saturated carbocycles. The largest absolute Gasteiger partial charge is 0.341 e. The van der Waals surface area contributed by atoms with Crippen molar-refractivity contribution in [2.75, 3.05) is 18.8 Å². The van der Waals surface area contributed by atoms with Crippen LogP contribution in [0, 0.1) is 6.92 Å². The molecule has 3 rings (SSSR count). The molecule has 1 atom stereocenters. The van der Waals surface area contributed by atoms with E-state index in [1.807, 2.05) is 17.9 Å². The number of rotatable bonds is 5. The lowest BCUT2D eigenvalue weighted by molar-refractivity contribution is -0.134. The van der Waals surface area contributed by atoms with Gasteiger partial charge in [0.05, 0.1) is 0 Å². The number of amides is 1. The number of hydrogen-bond acceptors (Lipinski definition) is 4. The van der Waals surface area contributed by atoms with Crippen LogP contribution in [-0.4, -0.2) is 44.8 Å². The Bertz CT molecular complexity index is 672. The molecule has 122 valence electrons. The van der Waals surface area contributed by atoms with Gasteiger partial charge in [0.25, 0.3) is 0 Å². The minimum absolute atomic E-state index is 0.0427. The lowest BCUT2D eigenvalue weighted by Gasteiger charge is -2.40. The van der Waals surface area contributed by atoms with Crippen LogP contribution >= 0.6 is 11.8 Å². The lowest BCUT2D eigenvalue weighted by Crippen LogP contribution is -2.48. The van der Waals surface area contributed by atoms with Crippen LogP contribution in [0.5, 0.6) is 0 Å². The summed E-state index contributed by atoms with van der Waals surface area (Å²) in [5, 5.41) is 7.70. The van der Waals surface area contributed by atoms with Gasteiger partial charge in [0.15, 0.2) is 0 Å². The third-order valence-electron chi connectivity index (χ3n) is 4.42. The van der Waals surface area contributed by atoms with Crippen LogP contribution in [0.15, 0.2) is 35.5 Å². The molecular formula is C17H22N4OS. The molecule has 1 fully saturated rings. The summed E-state index contributed by atoms with van der Waals surface area (Å²) < 4.78 is 0. The zero-order valence-corrected chi connectivity index (χ0v) is 14.4. The Hall–Kier alpha value is -1.82. The van der Waals surface area contributed by atoms with Crippen LogP contribution < -0.4 is 0 Å². The second-order valence-corrected chi connectivity index (χ2v) is 7.36. The number of benzene rings is 1. The molecule has 1 N–H and O–H groups in total. The van der Waals surface area contributed by atoms with Gasteiger partial charge >= 0.3 is 0 Å². The van der Waals surface area contributed by atoms with Crippen LogP contribution in [0.25, 0.3) is 0 Å². The average molecular weight is 330 g/mol. The van der Waals surface area contributed by atoms with Crippen molar-refractivity contribution in [2.45, 2.75) is 37.3 Å². The first kappa shape index (κ1) is 16.1. The van der Waals surface area contributed by atoms with Gasteiger partial charge in [-0.3, -0.25) is 9.89 Å². The quantitative estimate of drug-likeness (QED) is 0.856. The first-order chi connectivity index (χ1) is 11.1. The van der Waals surface area contributed by atoms with Crippen LogP contribution in [0.3, 0.4) is 0 Å². The zero-order valence-electron chi connectivity index (χ0n) is 13.6. The third kappa shape index (κ3) is 3.75. The molecule has 1 aliphatic rings. The Morgan fingerprint density at radius 1 is 1.35 bits per heavy atom. The number of nitrogens with one attached hydrogen (secondary N) is 1. The molecule has 2 heterocycles. The van der Waals surface area contributed by atoms with E-state index in [1.54, 1.807) is 11.8 Å². The maximum absolute atomic E-state index is 12.2. The molecule has 1 saturated heterocycles. The smallest absolute Gasteiger partial charge is 0.222 e. The summed E-state index contributed by atoms with van der Waals surface area (Å²) in [5.41, 5.74) is 1.36. The number of nitrogens with zero attached hydrogens (tertiary/aromatic N) is 3. The van der Waals surface area contributed by atoms with Crippen LogP contribution in [0.1, 0.15) is 31.2 Å².